The number of benzene rings is 4. The van der Waals surface area contributed by atoms with Gasteiger partial charge in [0.25, 0.3) is 5.69 Å². The van der Waals surface area contributed by atoms with Crippen molar-refractivity contribution in [1.29, 1.82) is 0 Å². The van der Waals surface area contributed by atoms with Crippen LogP contribution in [0, 0.1) is 41.7 Å². The van der Waals surface area contributed by atoms with E-state index in [2.05, 4.69) is 32.6 Å². The number of hydrogen-bond donors (Lipinski definition) is 2. The lowest BCUT2D eigenvalue weighted by Crippen LogP contribution is -2.70. The normalized spacial score (nSPS) is 21.8. The monoisotopic (exact) mass is 945 g/mol. The molecular weight excluding hydrogens is 879 g/mol. The van der Waals surface area contributed by atoms with Crippen LogP contribution in [0.4, 0.5) is 10.5 Å². The molecular formula is C55H67N3O11. The first-order valence-electron chi connectivity index (χ1n) is 24.3. The first kappa shape index (κ1) is 50.8. The lowest BCUT2D eigenvalue weighted by atomic mass is 9.55. The maximum atomic E-state index is 14.7. The van der Waals surface area contributed by atoms with Gasteiger partial charge in [0.1, 0.15) is 36.5 Å². The van der Waals surface area contributed by atoms with Gasteiger partial charge in [-0.3, -0.25) is 15.0 Å². The van der Waals surface area contributed by atoms with Gasteiger partial charge in [0, 0.05) is 49.8 Å². The molecule has 0 radical (unpaired) electrons. The van der Waals surface area contributed by atoms with Gasteiger partial charge >= 0.3 is 6.09 Å². The molecule has 6 unspecified atom stereocenters. The van der Waals surface area contributed by atoms with Gasteiger partial charge in [-0.2, -0.15) is 0 Å². The van der Waals surface area contributed by atoms with Crippen molar-refractivity contribution < 1.29 is 48.5 Å². The van der Waals surface area contributed by atoms with E-state index in [1.165, 1.54) is 12.1 Å². The number of nitro benzene ring substituents is 1. The first-order valence-corrected chi connectivity index (χ1v) is 24.3. The third-order valence-corrected chi connectivity index (χ3v) is 13.6. The zero-order valence-corrected chi connectivity index (χ0v) is 40.1. The number of ether oxygens (including phenoxy) is 5. The second-order valence-corrected chi connectivity index (χ2v) is 18.2. The highest BCUT2D eigenvalue weighted by Gasteiger charge is 2.65. The first-order chi connectivity index (χ1) is 33.6. The summed E-state index contributed by atoms with van der Waals surface area (Å²) >= 11 is 0. The number of aliphatic hydroxyl groups is 2. The number of aryl methyl sites for hydroxylation is 2. The number of nitro groups is 1. The van der Waals surface area contributed by atoms with E-state index in [1.54, 1.807) is 23.1 Å². The largest absolute Gasteiger partial charge is 0.459 e. The molecule has 14 nitrogen and oxygen atoms in total. The van der Waals surface area contributed by atoms with Gasteiger partial charge in [-0.05, 0) is 128 Å². The van der Waals surface area contributed by atoms with Gasteiger partial charge in [0.05, 0.1) is 36.4 Å². The number of carbonyl (C=O) groups excluding carboxylic acids is 1. The number of carbonyl (C=O) groups is 1. The van der Waals surface area contributed by atoms with Crippen molar-refractivity contribution in [3.63, 3.8) is 0 Å². The zero-order chi connectivity index (χ0) is 48.8. The predicted molar refractivity (Wildman–Crippen MR) is 263 cm³/mol. The Hall–Kier alpha value is -6.06. The molecule has 1 aliphatic heterocycles. The quantitative estimate of drug-likeness (QED) is 0.0280. The van der Waals surface area contributed by atoms with Crippen LogP contribution in [0.2, 0.25) is 0 Å². The van der Waals surface area contributed by atoms with Crippen molar-refractivity contribution in [1.82, 2.24) is 4.90 Å². The second-order valence-electron chi connectivity index (χ2n) is 18.2. The highest BCUT2D eigenvalue weighted by Crippen LogP contribution is 2.62. The standard InChI is InChI=1S/C55H67N3O11/c1-5-26-57(54(61)65-31-30-64-36-40-14-8-7-9-15-40)51-35-49(56-67-37-41-19-21-43(22-20-41)58(62)63)47-33-42(16-10-12-27-59)46(17-11-13-28-60)52-48-34-45(68-44-23-18-38(3)39(4)32-44)24-25-50(48)69-55(51,53(47)52)66-29-6-2/h6-9,14-15,18-25,32-34,42,46,51-53,59-60H,2,5,10-13,16-17,26-31,35-37H2,1,3-4H3. The average molecular weight is 946 g/mol. The minimum Gasteiger partial charge on any atom is -0.459 e. The maximum Gasteiger partial charge on any atom is 0.410 e. The van der Waals surface area contributed by atoms with Gasteiger partial charge in [-0.15, -0.1) is 6.58 Å². The topological polar surface area (TPSA) is 172 Å². The Morgan fingerprint density at radius 1 is 0.913 bits per heavy atom. The molecule has 2 N–H and O–H groups in total. The lowest BCUT2D eigenvalue weighted by Gasteiger charge is -2.59. The molecule has 4 aromatic rings. The number of fused-ring (bicyclic) bond motifs is 2. The molecule has 14 heteroatoms. The van der Waals surface area contributed by atoms with E-state index in [0.717, 1.165) is 53.5 Å². The van der Waals surface area contributed by atoms with Crippen LogP contribution in [-0.4, -0.2) is 83.2 Å². The Balaban J connectivity index is 1.35. The van der Waals surface area contributed by atoms with E-state index < -0.39 is 28.8 Å². The van der Waals surface area contributed by atoms with Crippen molar-refractivity contribution >= 4 is 17.5 Å². The Bertz CT molecular complexity index is 2410. The van der Waals surface area contributed by atoms with Crippen LogP contribution in [0.3, 0.4) is 0 Å². The number of rotatable bonds is 25. The molecule has 2 aliphatic carbocycles. The molecule has 0 saturated heterocycles. The van der Waals surface area contributed by atoms with Crippen LogP contribution >= 0.6 is 0 Å². The molecule has 1 fully saturated rings. The summed E-state index contributed by atoms with van der Waals surface area (Å²) in [5.74, 6) is -0.317. The molecule has 69 heavy (non-hydrogen) atoms. The molecule has 1 heterocycles. The van der Waals surface area contributed by atoms with Crippen molar-refractivity contribution in [2.75, 3.05) is 39.6 Å². The SMILES string of the molecule is C=CCOC12Oc3ccc(Oc4ccc(C)c(C)c4)cc3C3C(CCCCO)C(CCCCO)C=C(C(=NOCc4ccc([N+](=O)[O-])cc4)CC1N(CCC)C(=O)OCCOCc1ccccc1)C32. The molecule has 0 spiro atoms. The molecule has 368 valence electrons. The number of nitrogens with zero attached hydrogens (tertiary/aromatic N) is 3. The van der Waals surface area contributed by atoms with Gasteiger partial charge in [-0.25, -0.2) is 4.79 Å². The van der Waals surface area contributed by atoms with E-state index >= 15 is 0 Å². The fourth-order valence-electron chi connectivity index (χ4n) is 10.2. The van der Waals surface area contributed by atoms with Crippen LogP contribution in [-0.2, 0) is 32.3 Å². The Labute approximate surface area is 405 Å². The smallest absolute Gasteiger partial charge is 0.410 e. The summed E-state index contributed by atoms with van der Waals surface area (Å²) < 4.78 is 33.0. The summed E-state index contributed by atoms with van der Waals surface area (Å²) in [4.78, 5) is 33.5. The fourth-order valence-corrected chi connectivity index (χ4v) is 10.2. The number of hydrogen-bond acceptors (Lipinski definition) is 12. The lowest BCUT2D eigenvalue weighted by molar-refractivity contribution is -0.384. The molecule has 1 amide bonds. The maximum absolute atomic E-state index is 14.7. The van der Waals surface area contributed by atoms with E-state index in [-0.39, 0.29) is 69.5 Å². The molecule has 6 atom stereocenters. The number of amides is 1. The van der Waals surface area contributed by atoms with Crippen molar-refractivity contribution in [3.05, 3.63) is 153 Å². The minimum absolute atomic E-state index is 0.00425. The molecule has 0 bridgehead atoms. The van der Waals surface area contributed by atoms with Crippen LogP contribution in [0.25, 0.3) is 0 Å². The number of oxime groups is 1. The predicted octanol–water partition coefficient (Wildman–Crippen LogP) is 10.9. The summed E-state index contributed by atoms with van der Waals surface area (Å²) in [7, 11) is 0. The zero-order valence-electron chi connectivity index (χ0n) is 40.1. The number of non-ortho nitro benzene ring substituents is 1. The van der Waals surface area contributed by atoms with Crippen molar-refractivity contribution in [3.8, 4) is 17.2 Å². The van der Waals surface area contributed by atoms with E-state index in [0.29, 0.717) is 60.9 Å². The fraction of sp³-hybridized carbons (Fsp3) is 0.455. The van der Waals surface area contributed by atoms with Crippen molar-refractivity contribution in [2.45, 2.75) is 103 Å². The Kier molecular flexibility index (Phi) is 18.0. The van der Waals surface area contributed by atoms with Gasteiger partial charge in [0.15, 0.2) is 0 Å². The summed E-state index contributed by atoms with van der Waals surface area (Å²) in [6.45, 7) is 11.3. The van der Waals surface area contributed by atoms with Gasteiger partial charge < -0.3 is 38.7 Å². The van der Waals surface area contributed by atoms with Crippen LogP contribution in [0.15, 0.2) is 120 Å². The molecule has 7 rings (SSSR count). The minimum atomic E-state index is -1.48. The summed E-state index contributed by atoms with van der Waals surface area (Å²) in [6, 6.07) is 27.1. The Morgan fingerprint density at radius 3 is 2.35 bits per heavy atom. The third kappa shape index (κ3) is 12.2. The van der Waals surface area contributed by atoms with Crippen LogP contribution in [0.1, 0.15) is 92.0 Å². The molecule has 3 aliphatic rings. The van der Waals surface area contributed by atoms with Crippen LogP contribution < -0.4 is 9.47 Å². The number of aliphatic hydroxyl groups excluding tert-OH is 2. The number of allylic oxidation sites excluding steroid dienone is 1. The average Bonchev–Trinajstić information content (AvgIpc) is 3.35. The summed E-state index contributed by atoms with van der Waals surface area (Å²) in [6.07, 6.45) is 8.57. The Morgan fingerprint density at radius 2 is 1.64 bits per heavy atom. The van der Waals surface area contributed by atoms with Crippen LogP contribution in [0.5, 0.6) is 17.2 Å². The number of unbranched alkanes of at least 4 members (excludes halogenated alkanes) is 2. The summed E-state index contributed by atoms with van der Waals surface area (Å²) in [5.41, 5.74) is 6.37. The summed E-state index contributed by atoms with van der Waals surface area (Å²) in [5, 5.41) is 36.3. The highest BCUT2D eigenvalue weighted by molar-refractivity contribution is 6.03. The molecule has 1 saturated carbocycles. The molecule has 4 aromatic carbocycles. The second kappa shape index (κ2) is 24.5. The molecule has 0 aromatic heterocycles. The van der Waals surface area contributed by atoms with Gasteiger partial charge in [0.2, 0.25) is 5.79 Å². The van der Waals surface area contributed by atoms with E-state index in [1.807, 2.05) is 67.6 Å². The van der Waals surface area contributed by atoms with Gasteiger partial charge in [-0.1, -0.05) is 73.5 Å². The van der Waals surface area contributed by atoms with E-state index in [4.69, 9.17) is 33.7 Å². The highest BCUT2D eigenvalue weighted by atomic mass is 16.7. The third-order valence-electron chi connectivity index (χ3n) is 13.6. The van der Waals surface area contributed by atoms with Crippen molar-refractivity contribution in [2.24, 2.45) is 22.9 Å². The van der Waals surface area contributed by atoms with E-state index in [9.17, 15) is 25.1 Å².